The lowest BCUT2D eigenvalue weighted by molar-refractivity contribution is 0.0256. The molecule has 2 aliphatic rings. The molecule has 0 bridgehead atoms. The zero-order valence-corrected chi connectivity index (χ0v) is 22.0. The van der Waals surface area contributed by atoms with Gasteiger partial charge in [0.05, 0.1) is 31.0 Å². The average Bonchev–Trinajstić information content (AvgIpc) is 3.31. The first kappa shape index (κ1) is 28.0. The number of hydrogen-bond donors (Lipinski definition) is 3. The molecule has 208 valence electrons. The summed E-state index contributed by atoms with van der Waals surface area (Å²) in [7, 11) is -2.72. The van der Waals surface area contributed by atoms with Crippen molar-refractivity contribution >= 4 is 33.8 Å². The maximum atomic E-state index is 14.4. The zero-order chi connectivity index (χ0) is 28.5. The number of hydrazone groups is 1. The number of halogens is 3. The largest absolute Gasteiger partial charge is 0.483 e. The first-order valence-corrected chi connectivity index (χ1v) is 13.2. The van der Waals surface area contributed by atoms with Gasteiger partial charge in [-0.2, -0.15) is 5.10 Å². The monoisotopic (exact) mass is 565 g/mol. The Labute approximate surface area is 222 Å². The molecular weight excluding hydrogens is 539 g/mol. The number of nitrogens with one attached hydrogen (secondary N) is 3. The quantitative estimate of drug-likeness (QED) is 0.420. The Kier molecular flexibility index (Phi) is 7.92. The van der Waals surface area contributed by atoms with Gasteiger partial charge in [0, 0.05) is 30.5 Å². The normalized spacial score (nSPS) is 18.1. The van der Waals surface area contributed by atoms with Gasteiger partial charge in [0.2, 0.25) is 10.0 Å². The Balaban J connectivity index is 1.41. The lowest BCUT2D eigenvalue weighted by Gasteiger charge is -2.41. The third-order valence-corrected chi connectivity index (χ3v) is 7.75. The number of likely N-dealkylation sites (tertiary alicyclic amines) is 1. The molecule has 0 saturated carbocycles. The van der Waals surface area contributed by atoms with Gasteiger partial charge in [-0.15, -0.1) is 0 Å². The van der Waals surface area contributed by atoms with E-state index in [1.807, 2.05) is 0 Å². The van der Waals surface area contributed by atoms with E-state index in [0.717, 1.165) is 29.4 Å². The molecule has 1 aromatic heterocycles. The molecule has 4 rings (SSSR count). The second kappa shape index (κ2) is 11.0. The van der Waals surface area contributed by atoms with Crippen molar-refractivity contribution < 1.29 is 31.1 Å². The number of pyridine rings is 1. The topological polar surface area (TPSA) is 140 Å². The van der Waals surface area contributed by atoms with Gasteiger partial charge in [-0.1, -0.05) is 0 Å². The third-order valence-electron chi connectivity index (χ3n) is 6.06. The van der Waals surface area contributed by atoms with Gasteiger partial charge >= 0.3 is 6.03 Å². The SMILES string of the molecule is CNS(=O)(=O)/C(C(C)=N)=C(\C)Nc1cc(OC2CN(C(=O)N3N=CC[C@H]3c3cc(F)cc(F)c3)C2)c(F)cn1. The molecule has 0 radical (unpaired) electrons. The molecule has 0 unspecified atom stereocenters. The molecule has 1 aromatic carbocycles. The van der Waals surface area contributed by atoms with E-state index < -0.39 is 45.7 Å². The fraction of sp³-hybridized carbons (Fsp3) is 0.333. The summed E-state index contributed by atoms with van der Waals surface area (Å²) >= 11 is 0. The van der Waals surface area contributed by atoms with Crippen LogP contribution in [0.25, 0.3) is 0 Å². The molecule has 1 fully saturated rings. The highest BCUT2D eigenvalue weighted by Gasteiger charge is 2.39. The van der Waals surface area contributed by atoms with Crippen LogP contribution >= 0.6 is 0 Å². The van der Waals surface area contributed by atoms with Crippen LogP contribution in [-0.2, 0) is 10.0 Å². The number of allylic oxidation sites excluding steroid dienone is 2. The van der Waals surface area contributed by atoms with Crippen LogP contribution in [0.3, 0.4) is 0 Å². The van der Waals surface area contributed by atoms with Crippen molar-refractivity contribution in [2.24, 2.45) is 5.10 Å². The van der Waals surface area contributed by atoms with Crippen molar-refractivity contribution in [2.45, 2.75) is 32.4 Å². The van der Waals surface area contributed by atoms with E-state index in [4.69, 9.17) is 10.1 Å². The minimum Gasteiger partial charge on any atom is -0.483 e. The van der Waals surface area contributed by atoms with Crippen LogP contribution in [-0.4, -0.2) is 67.5 Å². The Bertz CT molecular complexity index is 1460. The highest BCUT2D eigenvalue weighted by Crippen LogP contribution is 2.32. The number of nitrogens with zero attached hydrogens (tertiary/aromatic N) is 4. The molecule has 0 aliphatic carbocycles. The van der Waals surface area contributed by atoms with Crippen molar-refractivity contribution in [2.75, 3.05) is 25.5 Å². The van der Waals surface area contributed by atoms with E-state index in [9.17, 15) is 26.4 Å². The number of hydrogen-bond acceptors (Lipinski definition) is 8. The molecule has 3 heterocycles. The predicted octanol–water partition coefficient (Wildman–Crippen LogP) is 3.35. The molecule has 2 amide bonds. The molecule has 15 heteroatoms. The van der Waals surface area contributed by atoms with Crippen LogP contribution in [0.5, 0.6) is 5.75 Å². The van der Waals surface area contributed by atoms with Crippen molar-refractivity contribution in [3.05, 3.63) is 64.1 Å². The van der Waals surface area contributed by atoms with Crippen molar-refractivity contribution in [1.82, 2.24) is 19.6 Å². The number of aromatic nitrogens is 1. The number of urea groups is 1. The average molecular weight is 566 g/mol. The fourth-order valence-electron chi connectivity index (χ4n) is 4.25. The summed E-state index contributed by atoms with van der Waals surface area (Å²) in [5.74, 6) is -2.37. The van der Waals surface area contributed by atoms with Gasteiger partial charge in [-0.05, 0) is 38.6 Å². The van der Waals surface area contributed by atoms with Crippen molar-refractivity contribution in [3.8, 4) is 5.75 Å². The summed E-state index contributed by atoms with van der Waals surface area (Å²) in [5, 5.41) is 15.8. The number of rotatable bonds is 8. The molecule has 2 aromatic rings. The highest BCUT2D eigenvalue weighted by atomic mass is 32.2. The van der Waals surface area contributed by atoms with Gasteiger partial charge in [0.1, 0.15) is 28.5 Å². The highest BCUT2D eigenvalue weighted by molar-refractivity contribution is 7.94. The second-order valence-electron chi connectivity index (χ2n) is 8.94. The minimum atomic E-state index is -3.94. The van der Waals surface area contributed by atoms with Crippen LogP contribution in [0.1, 0.15) is 31.9 Å². The Hall–Kier alpha value is -3.98. The zero-order valence-electron chi connectivity index (χ0n) is 21.2. The van der Waals surface area contributed by atoms with E-state index in [1.165, 1.54) is 38.1 Å². The Morgan fingerprint density at radius 1 is 1.13 bits per heavy atom. The summed E-state index contributed by atoms with van der Waals surface area (Å²) in [6.45, 7) is 2.97. The van der Waals surface area contributed by atoms with Gasteiger partial charge in [-0.25, -0.2) is 41.1 Å². The summed E-state index contributed by atoms with van der Waals surface area (Å²) in [6.07, 6.45) is 2.13. The Morgan fingerprint density at radius 3 is 2.41 bits per heavy atom. The molecule has 11 nitrogen and oxygen atoms in total. The van der Waals surface area contributed by atoms with E-state index in [1.54, 1.807) is 0 Å². The smallest absolute Gasteiger partial charge is 0.341 e. The van der Waals surface area contributed by atoms with Crippen LogP contribution in [0, 0.1) is 22.9 Å². The maximum absolute atomic E-state index is 14.4. The van der Waals surface area contributed by atoms with E-state index in [-0.39, 0.29) is 46.5 Å². The summed E-state index contributed by atoms with van der Waals surface area (Å²) in [5.41, 5.74) is 0.166. The lowest BCUT2D eigenvalue weighted by Crippen LogP contribution is -2.58. The number of carbonyl (C=O) groups excluding carboxylic acids is 1. The van der Waals surface area contributed by atoms with Crippen LogP contribution < -0.4 is 14.8 Å². The fourth-order valence-corrected chi connectivity index (χ4v) is 5.31. The van der Waals surface area contributed by atoms with Crippen molar-refractivity contribution in [3.63, 3.8) is 0 Å². The first-order chi connectivity index (χ1) is 18.4. The molecule has 0 spiro atoms. The number of carbonyl (C=O) groups is 1. The number of amides is 2. The van der Waals surface area contributed by atoms with E-state index in [2.05, 4.69) is 20.1 Å². The molecule has 3 N–H and O–H groups in total. The standard InChI is InChI=1S/C24H26F3N7O4S/c1-13(28)23(39(36,37)29-3)14(2)32-22-9-21(19(27)10-30-22)38-18-11-33(12-18)24(35)34-20(4-5-31-34)15-6-16(25)8-17(26)7-15/h5-10,18,20,28-29H,4,11-12H2,1-3H3,(H,30,32)/b23-14+,28-13?/t20-/m0/s1. The molecular formula is C24H26F3N7O4S. The lowest BCUT2D eigenvalue weighted by atomic mass is 10.0. The number of benzene rings is 1. The number of sulfonamides is 1. The number of ether oxygens (including phenoxy) is 1. The molecule has 1 atom stereocenters. The van der Waals surface area contributed by atoms with Crippen LogP contribution in [0.2, 0.25) is 0 Å². The van der Waals surface area contributed by atoms with E-state index >= 15 is 0 Å². The van der Waals surface area contributed by atoms with E-state index in [0.29, 0.717) is 6.42 Å². The predicted molar refractivity (Wildman–Crippen MR) is 137 cm³/mol. The third kappa shape index (κ3) is 6.04. The van der Waals surface area contributed by atoms with Crippen molar-refractivity contribution in [1.29, 1.82) is 5.41 Å². The summed E-state index contributed by atoms with van der Waals surface area (Å²) < 4.78 is 74.2. The van der Waals surface area contributed by atoms with Gasteiger partial charge in [0.15, 0.2) is 11.6 Å². The minimum absolute atomic E-state index is 0.0813. The summed E-state index contributed by atoms with van der Waals surface area (Å²) in [4.78, 5) is 18.0. The Morgan fingerprint density at radius 2 is 1.79 bits per heavy atom. The maximum Gasteiger partial charge on any atom is 0.341 e. The molecule has 39 heavy (non-hydrogen) atoms. The van der Waals surface area contributed by atoms with Gasteiger partial charge in [-0.3, -0.25) is 0 Å². The van der Waals surface area contributed by atoms with Crippen LogP contribution in [0.4, 0.5) is 23.8 Å². The van der Waals surface area contributed by atoms with Crippen LogP contribution in [0.15, 0.2) is 46.2 Å². The van der Waals surface area contributed by atoms with Gasteiger partial charge in [0.25, 0.3) is 0 Å². The molecule has 1 saturated heterocycles. The van der Waals surface area contributed by atoms with Gasteiger partial charge < -0.3 is 20.4 Å². The second-order valence-corrected chi connectivity index (χ2v) is 10.8. The molecule has 2 aliphatic heterocycles. The number of anilines is 1. The summed E-state index contributed by atoms with van der Waals surface area (Å²) in [6, 6.07) is 3.15. The first-order valence-electron chi connectivity index (χ1n) is 11.8.